The first-order valence-electron chi connectivity index (χ1n) is 7.95. The molecule has 0 aliphatic carbocycles. The molecule has 128 valence electrons. The van der Waals surface area contributed by atoms with Crippen molar-refractivity contribution in [3.8, 4) is 11.5 Å². The molecule has 1 aliphatic rings. The van der Waals surface area contributed by atoms with Crippen molar-refractivity contribution in [2.75, 3.05) is 32.8 Å². The van der Waals surface area contributed by atoms with E-state index in [-0.39, 0.29) is 6.09 Å². The molecule has 1 amide bonds. The van der Waals surface area contributed by atoms with Crippen LogP contribution in [-0.2, 0) is 11.4 Å². The second kappa shape index (κ2) is 7.59. The summed E-state index contributed by atoms with van der Waals surface area (Å²) in [5.74, 6) is 0.519. The standard InChI is InChI=1S/C16H20N4O3S/c1-2-22-15(21)19-10-8-18(9-11-19)12-20-16(24)23-14(17-20)13-6-4-3-5-7-13/h3-7H,2,8-12H2,1H3. The molecule has 0 bridgehead atoms. The Bertz CT molecular complexity index is 735. The number of hydrogen-bond acceptors (Lipinski definition) is 6. The predicted molar refractivity (Wildman–Crippen MR) is 90.9 cm³/mol. The maximum absolute atomic E-state index is 11.7. The van der Waals surface area contributed by atoms with Gasteiger partial charge in [-0.2, -0.15) is 0 Å². The zero-order chi connectivity index (χ0) is 16.9. The van der Waals surface area contributed by atoms with Crippen LogP contribution in [0.1, 0.15) is 6.92 Å². The van der Waals surface area contributed by atoms with E-state index in [4.69, 9.17) is 21.4 Å². The number of piperazine rings is 1. The summed E-state index contributed by atoms with van der Waals surface area (Å²) >= 11 is 5.26. The van der Waals surface area contributed by atoms with Gasteiger partial charge in [-0.3, -0.25) is 4.90 Å². The molecular formula is C16H20N4O3S. The Morgan fingerprint density at radius 1 is 1.25 bits per heavy atom. The van der Waals surface area contributed by atoms with Gasteiger partial charge in [-0.15, -0.1) is 5.10 Å². The van der Waals surface area contributed by atoms with E-state index in [1.807, 2.05) is 37.3 Å². The number of nitrogens with zero attached hydrogens (tertiary/aromatic N) is 4. The summed E-state index contributed by atoms with van der Waals surface area (Å²) in [5, 5.41) is 4.46. The van der Waals surface area contributed by atoms with Crippen LogP contribution in [0.2, 0.25) is 0 Å². The van der Waals surface area contributed by atoms with Crippen LogP contribution >= 0.6 is 12.2 Å². The zero-order valence-electron chi connectivity index (χ0n) is 13.6. The molecule has 8 heteroatoms. The van der Waals surface area contributed by atoms with Gasteiger partial charge in [0.2, 0.25) is 5.89 Å². The lowest BCUT2D eigenvalue weighted by Crippen LogP contribution is -2.49. The summed E-state index contributed by atoms with van der Waals surface area (Å²) in [6.45, 7) is 5.51. The van der Waals surface area contributed by atoms with Crippen LogP contribution in [0.15, 0.2) is 34.7 Å². The highest BCUT2D eigenvalue weighted by Gasteiger charge is 2.22. The first-order chi connectivity index (χ1) is 11.7. The van der Waals surface area contributed by atoms with E-state index in [9.17, 15) is 4.79 Å². The summed E-state index contributed by atoms with van der Waals surface area (Å²) in [7, 11) is 0. The van der Waals surface area contributed by atoms with Crippen molar-refractivity contribution in [3.63, 3.8) is 0 Å². The summed E-state index contributed by atoms with van der Waals surface area (Å²) in [4.78, 5) is 16.0. The molecular weight excluding hydrogens is 328 g/mol. The maximum atomic E-state index is 11.7. The van der Waals surface area contributed by atoms with Crippen LogP contribution in [0, 0.1) is 4.84 Å². The third-order valence-electron chi connectivity index (χ3n) is 3.86. The monoisotopic (exact) mass is 348 g/mol. The lowest BCUT2D eigenvalue weighted by molar-refractivity contribution is 0.0688. The molecule has 2 aromatic rings. The van der Waals surface area contributed by atoms with Crippen molar-refractivity contribution in [1.82, 2.24) is 19.6 Å². The van der Waals surface area contributed by atoms with E-state index in [1.165, 1.54) is 0 Å². The molecule has 1 aliphatic heterocycles. The molecule has 1 aromatic carbocycles. The molecule has 0 atom stereocenters. The summed E-state index contributed by atoms with van der Waals surface area (Å²) in [5.41, 5.74) is 0.898. The van der Waals surface area contributed by atoms with Gasteiger partial charge in [0.15, 0.2) is 0 Å². The quantitative estimate of drug-likeness (QED) is 0.792. The molecule has 0 spiro atoms. The largest absolute Gasteiger partial charge is 0.450 e. The number of carbonyl (C=O) groups excluding carboxylic acids is 1. The van der Waals surface area contributed by atoms with Crippen LogP contribution in [0.25, 0.3) is 11.5 Å². The number of aromatic nitrogens is 2. The molecule has 1 fully saturated rings. The Kier molecular flexibility index (Phi) is 5.27. The molecule has 3 rings (SSSR count). The highest BCUT2D eigenvalue weighted by atomic mass is 32.1. The van der Waals surface area contributed by atoms with Gasteiger partial charge in [0, 0.05) is 31.7 Å². The minimum absolute atomic E-state index is 0.249. The predicted octanol–water partition coefficient (Wildman–Crippen LogP) is 2.60. The second-order valence-corrected chi connectivity index (χ2v) is 5.83. The highest BCUT2D eigenvalue weighted by Crippen LogP contribution is 2.17. The van der Waals surface area contributed by atoms with Gasteiger partial charge in [0.25, 0.3) is 4.84 Å². The lowest BCUT2D eigenvalue weighted by atomic mass is 10.2. The Hall–Kier alpha value is -2.19. The lowest BCUT2D eigenvalue weighted by Gasteiger charge is -2.33. The topological polar surface area (TPSA) is 63.7 Å². The van der Waals surface area contributed by atoms with Crippen molar-refractivity contribution >= 4 is 18.3 Å². The number of ether oxygens (including phenoxy) is 1. The minimum Gasteiger partial charge on any atom is -0.450 e. The smallest absolute Gasteiger partial charge is 0.409 e. The van der Waals surface area contributed by atoms with Gasteiger partial charge in [0.1, 0.15) is 0 Å². The fraction of sp³-hybridized carbons (Fsp3) is 0.438. The fourth-order valence-corrected chi connectivity index (χ4v) is 2.75. The van der Waals surface area contributed by atoms with Crippen molar-refractivity contribution in [2.24, 2.45) is 0 Å². The molecule has 0 N–H and O–H groups in total. The van der Waals surface area contributed by atoms with Gasteiger partial charge in [0.05, 0.1) is 13.3 Å². The first kappa shape index (κ1) is 16.7. The number of rotatable bonds is 4. The maximum Gasteiger partial charge on any atom is 0.409 e. The van der Waals surface area contributed by atoms with E-state index < -0.39 is 0 Å². The summed E-state index contributed by atoms with van der Waals surface area (Å²) in [6.07, 6.45) is -0.249. The van der Waals surface area contributed by atoms with E-state index in [0.29, 0.717) is 37.1 Å². The Balaban J connectivity index is 1.61. The van der Waals surface area contributed by atoms with Gasteiger partial charge >= 0.3 is 6.09 Å². The van der Waals surface area contributed by atoms with Crippen molar-refractivity contribution in [3.05, 3.63) is 35.2 Å². The summed E-state index contributed by atoms with van der Waals surface area (Å²) in [6, 6.07) is 9.67. The average Bonchev–Trinajstić information content (AvgIpc) is 2.97. The molecule has 1 aromatic heterocycles. The van der Waals surface area contributed by atoms with Gasteiger partial charge in [-0.1, -0.05) is 18.2 Å². The molecule has 7 nitrogen and oxygen atoms in total. The Morgan fingerprint density at radius 3 is 2.62 bits per heavy atom. The highest BCUT2D eigenvalue weighted by molar-refractivity contribution is 7.71. The van der Waals surface area contributed by atoms with E-state index >= 15 is 0 Å². The van der Waals surface area contributed by atoms with Crippen molar-refractivity contribution in [2.45, 2.75) is 13.6 Å². The SMILES string of the molecule is CCOC(=O)N1CCN(Cn2nc(-c3ccccc3)oc2=S)CC1. The van der Waals surface area contributed by atoms with Crippen molar-refractivity contribution in [1.29, 1.82) is 0 Å². The van der Waals surface area contributed by atoms with Crippen LogP contribution in [0.4, 0.5) is 4.79 Å². The molecule has 0 saturated carbocycles. The van der Waals surface area contributed by atoms with Gasteiger partial charge < -0.3 is 14.1 Å². The van der Waals surface area contributed by atoms with Crippen LogP contribution in [-0.4, -0.2) is 58.5 Å². The molecule has 2 heterocycles. The van der Waals surface area contributed by atoms with Gasteiger partial charge in [-0.25, -0.2) is 9.48 Å². The average molecular weight is 348 g/mol. The molecule has 0 radical (unpaired) electrons. The Labute approximate surface area is 145 Å². The molecule has 24 heavy (non-hydrogen) atoms. The normalized spacial score (nSPS) is 15.5. The fourth-order valence-electron chi connectivity index (χ4n) is 2.57. The van der Waals surface area contributed by atoms with E-state index in [2.05, 4.69) is 10.00 Å². The molecule has 1 saturated heterocycles. The Morgan fingerprint density at radius 2 is 1.96 bits per heavy atom. The van der Waals surface area contributed by atoms with E-state index in [0.717, 1.165) is 18.7 Å². The van der Waals surface area contributed by atoms with Crippen molar-refractivity contribution < 1.29 is 13.9 Å². The minimum atomic E-state index is -0.249. The summed E-state index contributed by atoms with van der Waals surface area (Å²) < 4.78 is 12.3. The first-order valence-corrected chi connectivity index (χ1v) is 8.35. The van der Waals surface area contributed by atoms with Crippen LogP contribution < -0.4 is 0 Å². The number of benzene rings is 1. The van der Waals surface area contributed by atoms with Gasteiger partial charge in [-0.05, 0) is 31.3 Å². The molecule has 0 unspecified atom stereocenters. The van der Waals surface area contributed by atoms with Crippen LogP contribution in [0.3, 0.4) is 0 Å². The van der Waals surface area contributed by atoms with E-state index in [1.54, 1.807) is 9.58 Å². The third kappa shape index (κ3) is 3.82. The second-order valence-electron chi connectivity index (χ2n) is 5.48. The third-order valence-corrected chi connectivity index (χ3v) is 4.15. The zero-order valence-corrected chi connectivity index (χ0v) is 14.4. The number of amides is 1. The van der Waals surface area contributed by atoms with Crippen LogP contribution in [0.5, 0.6) is 0 Å². The number of hydrogen-bond donors (Lipinski definition) is 0. The number of carbonyl (C=O) groups is 1.